The van der Waals surface area contributed by atoms with E-state index in [2.05, 4.69) is 0 Å². The molecule has 0 aliphatic carbocycles. The highest BCUT2D eigenvalue weighted by atomic mass is 35.5. The summed E-state index contributed by atoms with van der Waals surface area (Å²) in [5.41, 5.74) is -0.295. The first-order valence-corrected chi connectivity index (χ1v) is 7.52. The number of hydrogen-bond donors (Lipinski definition) is 0. The van der Waals surface area contributed by atoms with Gasteiger partial charge >= 0.3 is 6.09 Å². The topological polar surface area (TPSA) is 46.6 Å². The van der Waals surface area contributed by atoms with Crippen LogP contribution in [0.2, 0.25) is 5.02 Å². The van der Waals surface area contributed by atoms with Crippen molar-refractivity contribution in [2.75, 3.05) is 13.1 Å². The van der Waals surface area contributed by atoms with Crippen molar-refractivity contribution in [3.63, 3.8) is 0 Å². The van der Waals surface area contributed by atoms with Crippen molar-refractivity contribution < 1.29 is 18.7 Å². The van der Waals surface area contributed by atoms with Gasteiger partial charge in [0.2, 0.25) is 0 Å². The Morgan fingerprint density at radius 2 is 2.05 bits per heavy atom. The molecule has 6 heteroatoms. The highest BCUT2D eigenvalue weighted by Crippen LogP contribution is 2.24. The Bertz CT molecular complexity index is 598. The van der Waals surface area contributed by atoms with Gasteiger partial charge in [-0.15, -0.1) is 0 Å². The van der Waals surface area contributed by atoms with Crippen LogP contribution in [0.1, 0.15) is 37.6 Å². The minimum atomic E-state index is -0.616. The van der Waals surface area contributed by atoms with Crippen LogP contribution in [0.3, 0.4) is 0 Å². The fourth-order valence-corrected chi connectivity index (χ4v) is 2.47. The van der Waals surface area contributed by atoms with Crippen LogP contribution < -0.4 is 0 Å². The van der Waals surface area contributed by atoms with Gasteiger partial charge in [-0.25, -0.2) is 9.18 Å². The first-order valence-electron chi connectivity index (χ1n) is 7.14. The molecule has 1 aliphatic heterocycles. The summed E-state index contributed by atoms with van der Waals surface area (Å²) in [6.07, 6.45) is 0.118. The van der Waals surface area contributed by atoms with Gasteiger partial charge in [-0.2, -0.15) is 0 Å². The Kier molecular flexibility index (Phi) is 4.75. The third-order valence-corrected chi connectivity index (χ3v) is 3.72. The molecule has 0 N–H and O–H groups in total. The number of carbonyl (C=O) groups is 2. The monoisotopic (exact) mass is 327 g/mol. The molecule has 1 fully saturated rings. The van der Waals surface area contributed by atoms with Crippen LogP contribution in [0.15, 0.2) is 18.2 Å². The summed E-state index contributed by atoms with van der Waals surface area (Å²) in [5, 5.41) is -0.0154. The largest absolute Gasteiger partial charge is 0.444 e. The van der Waals surface area contributed by atoms with Crippen LogP contribution in [0.4, 0.5) is 9.18 Å². The Labute approximate surface area is 134 Å². The van der Waals surface area contributed by atoms with E-state index in [1.54, 1.807) is 20.8 Å². The fourth-order valence-electron chi connectivity index (χ4n) is 2.35. The summed E-state index contributed by atoms with van der Waals surface area (Å²) >= 11 is 5.62. The number of benzene rings is 1. The van der Waals surface area contributed by atoms with E-state index in [4.69, 9.17) is 16.3 Å². The first-order chi connectivity index (χ1) is 10.2. The van der Waals surface area contributed by atoms with Gasteiger partial charge < -0.3 is 9.64 Å². The van der Waals surface area contributed by atoms with E-state index >= 15 is 0 Å². The van der Waals surface area contributed by atoms with Crippen molar-refractivity contribution in [2.24, 2.45) is 5.92 Å². The van der Waals surface area contributed by atoms with Gasteiger partial charge in [0, 0.05) is 24.6 Å². The number of nitrogens with zero attached hydrogens (tertiary/aromatic N) is 1. The molecule has 1 amide bonds. The minimum Gasteiger partial charge on any atom is -0.444 e. The fraction of sp³-hybridized carbons (Fsp3) is 0.500. The molecule has 22 heavy (non-hydrogen) atoms. The zero-order chi connectivity index (χ0) is 16.5. The maximum atomic E-state index is 13.4. The second-order valence-electron chi connectivity index (χ2n) is 6.41. The van der Waals surface area contributed by atoms with Crippen LogP contribution in [-0.2, 0) is 4.74 Å². The van der Waals surface area contributed by atoms with Crippen molar-refractivity contribution in [3.8, 4) is 0 Å². The lowest BCUT2D eigenvalue weighted by molar-refractivity contribution is 0.0289. The summed E-state index contributed by atoms with van der Waals surface area (Å²) in [4.78, 5) is 25.9. The summed E-state index contributed by atoms with van der Waals surface area (Å²) < 4.78 is 18.7. The number of Topliss-reactive ketones (excluding diaryl/α,β-unsaturated/α-hetero) is 1. The quantitative estimate of drug-likeness (QED) is 0.773. The molecule has 2 rings (SSSR count). The summed E-state index contributed by atoms with van der Waals surface area (Å²) in [7, 11) is 0. The predicted molar refractivity (Wildman–Crippen MR) is 81.7 cm³/mol. The lowest BCUT2D eigenvalue weighted by Gasteiger charge is -2.24. The van der Waals surface area contributed by atoms with Crippen LogP contribution in [0, 0.1) is 11.7 Å². The Balaban J connectivity index is 2.02. The third-order valence-electron chi connectivity index (χ3n) is 3.41. The molecule has 1 atom stereocenters. The second kappa shape index (κ2) is 6.24. The first kappa shape index (κ1) is 16.7. The number of rotatable bonds is 2. The van der Waals surface area contributed by atoms with Crippen molar-refractivity contribution in [1.82, 2.24) is 4.90 Å². The lowest BCUT2D eigenvalue weighted by Crippen LogP contribution is -2.35. The molecule has 1 aliphatic rings. The molecule has 1 saturated heterocycles. The third kappa shape index (κ3) is 3.97. The zero-order valence-corrected chi connectivity index (χ0v) is 13.6. The molecule has 1 aromatic rings. The van der Waals surface area contributed by atoms with Crippen LogP contribution in [0.5, 0.6) is 0 Å². The van der Waals surface area contributed by atoms with Gasteiger partial charge in [0.05, 0.1) is 5.02 Å². The van der Waals surface area contributed by atoms with Crippen molar-refractivity contribution in [3.05, 3.63) is 34.6 Å². The molecule has 1 heterocycles. The summed E-state index contributed by atoms with van der Waals surface area (Å²) in [6.45, 7) is 6.12. The molecular formula is C16H19ClFNO3. The van der Waals surface area contributed by atoms with Crippen LogP contribution >= 0.6 is 11.6 Å². The average molecular weight is 328 g/mol. The van der Waals surface area contributed by atoms with E-state index in [9.17, 15) is 14.0 Å². The van der Waals surface area contributed by atoms with E-state index in [0.29, 0.717) is 13.0 Å². The van der Waals surface area contributed by atoms with E-state index in [0.717, 1.165) is 6.07 Å². The van der Waals surface area contributed by atoms with E-state index in [1.807, 2.05) is 0 Å². The number of ketones is 1. The maximum Gasteiger partial charge on any atom is 0.410 e. The van der Waals surface area contributed by atoms with Gasteiger partial charge in [-0.1, -0.05) is 11.6 Å². The molecule has 4 nitrogen and oxygen atoms in total. The minimum absolute atomic E-state index is 0.0154. The Hall–Kier alpha value is -1.62. The smallest absolute Gasteiger partial charge is 0.410 e. The second-order valence-corrected chi connectivity index (χ2v) is 6.81. The lowest BCUT2D eigenvalue weighted by atomic mass is 9.97. The van der Waals surface area contributed by atoms with Crippen LogP contribution in [-0.4, -0.2) is 35.5 Å². The van der Waals surface area contributed by atoms with Crippen molar-refractivity contribution in [1.29, 1.82) is 0 Å². The predicted octanol–water partition coefficient (Wildman–Crippen LogP) is 3.92. The molecular weight excluding hydrogens is 309 g/mol. The number of halogens is 2. The normalized spacial score (nSPS) is 18.4. The highest BCUT2D eigenvalue weighted by molar-refractivity contribution is 6.30. The standard InChI is InChI=1S/C16H19ClFNO3/c1-16(2,3)22-15(21)19-7-6-11(9-19)14(20)10-4-5-12(17)13(18)8-10/h4-5,8,11H,6-7,9H2,1-3H3/t11-/m1/s1. The summed E-state index contributed by atoms with van der Waals surface area (Å²) in [6, 6.07) is 4.01. The van der Waals surface area contributed by atoms with Gasteiger partial charge in [0.25, 0.3) is 0 Å². The summed E-state index contributed by atoms with van der Waals surface area (Å²) in [5.74, 6) is -1.13. The van der Waals surface area contributed by atoms with E-state index in [1.165, 1.54) is 17.0 Å². The number of likely N-dealkylation sites (tertiary alicyclic amines) is 1. The SMILES string of the molecule is CC(C)(C)OC(=O)N1CC[C@@H](C(=O)c2ccc(Cl)c(F)c2)C1. The number of carbonyl (C=O) groups excluding carboxylic acids is 2. The van der Waals surface area contributed by atoms with E-state index < -0.39 is 17.5 Å². The Morgan fingerprint density at radius 1 is 1.36 bits per heavy atom. The van der Waals surface area contributed by atoms with Gasteiger partial charge in [0.1, 0.15) is 11.4 Å². The zero-order valence-electron chi connectivity index (χ0n) is 12.9. The number of ether oxygens (including phenoxy) is 1. The van der Waals surface area contributed by atoms with Gasteiger partial charge in [0.15, 0.2) is 5.78 Å². The van der Waals surface area contributed by atoms with Crippen LogP contribution in [0.25, 0.3) is 0 Å². The maximum absolute atomic E-state index is 13.4. The highest BCUT2D eigenvalue weighted by Gasteiger charge is 2.33. The molecule has 1 aromatic carbocycles. The molecule has 0 spiro atoms. The molecule has 0 saturated carbocycles. The molecule has 120 valence electrons. The van der Waals surface area contributed by atoms with Gasteiger partial charge in [-0.3, -0.25) is 4.79 Å². The molecule has 0 aromatic heterocycles. The van der Waals surface area contributed by atoms with Crippen molar-refractivity contribution >= 4 is 23.5 Å². The number of hydrogen-bond acceptors (Lipinski definition) is 3. The van der Waals surface area contributed by atoms with Gasteiger partial charge in [-0.05, 0) is 45.4 Å². The van der Waals surface area contributed by atoms with E-state index in [-0.39, 0.29) is 28.8 Å². The molecule has 0 unspecified atom stereocenters. The van der Waals surface area contributed by atoms with Crippen molar-refractivity contribution in [2.45, 2.75) is 32.8 Å². The molecule has 0 bridgehead atoms. The number of amides is 1. The Morgan fingerprint density at radius 3 is 2.64 bits per heavy atom. The average Bonchev–Trinajstić information content (AvgIpc) is 2.89. The molecule has 0 radical (unpaired) electrons.